The molecule has 0 aliphatic rings. The molecule has 0 N–H and O–H groups in total. The van der Waals surface area contributed by atoms with Crippen LogP contribution in [0.5, 0.6) is 0 Å². The fourth-order valence-corrected chi connectivity index (χ4v) is 3.09. The third kappa shape index (κ3) is 1.13. The Morgan fingerprint density at radius 3 is 2.87 bits per heavy atom. The van der Waals surface area contributed by atoms with Crippen molar-refractivity contribution in [2.24, 2.45) is 0 Å². The number of hydrogen-bond acceptors (Lipinski definition) is 2. The molecule has 0 spiro atoms. The molecule has 0 atom stereocenters. The van der Waals surface area contributed by atoms with Crippen molar-refractivity contribution in [1.29, 1.82) is 0 Å². The molecule has 2 nitrogen and oxygen atoms in total. The molecular weight excluding hydrogens is 204 g/mol. The second kappa shape index (κ2) is 3.07. The predicted molar refractivity (Wildman–Crippen MR) is 64.7 cm³/mol. The first kappa shape index (κ1) is 8.92. The number of para-hydroxylation sites is 1. The average molecular weight is 216 g/mol. The first-order chi connectivity index (χ1) is 7.29. The second-order valence-corrected chi connectivity index (χ2v) is 4.87. The molecule has 0 fully saturated rings. The van der Waals surface area contributed by atoms with E-state index in [1.807, 2.05) is 5.51 Å². The summed E-state index contributed by atoms with van der Waals surface area (Å²) in [7, 11) is 0. The molecule has 76 valence electrons. The molecular formula is C12H12N2S. The highest BCUT2D eigenvalue weighted by atomic mass is 32.1. The summed E-state index contributed by atoms with van der Waals surface area (Å²) in [5, 5.41) is 5.72. The summed E-state index contributed by atoms with van der Waals surface area (Å²) < 4.78 is 2.05. The van der Waals surface area contributed by atoms with E-state index in [4.69, 9.17) is 0 Å². The number of fused-ring (bicyclic) bond motifs is 3. The van der Waals surface area contributed by atoms with Gasteiger partial charge in [-0.05, 0) is 12.0 Å². The number of hydrogen-bond donors (Lipinski definition) is 0. The Balaban J connectivity index is 2.58. The molecule has 2 heterocycles. The van der Waals surface area contributed by atoms with E-state index in [0.717, 1.165) is 0 Å². The fourth-order valence-electron chi connectivity index (χ4n) is 2.13. The van der Waals surface area contributed by atoms with Gasteiger partial charge in [0.15, 0.2) is 0 Å². The van der Waals surface area contributed by atoms with Crippen molar-refractivity contribution >= 4 is 27.1 Å². The zero-order valence-corrected chi connectivity index (χ0v) is 9.58. The van der Waals surface area contributed by atoms with Crippen LogP contribution in [0.3, 0.4) is 0 Å². The van der Waals surface area contributed by atoms with Crippen LogP contribution < -0.4 is 0 Å². The Kier molecular flexibility index (Phi) is 1.83. The molecule has 0 bridgehead atoms. The van der Waals surface area contributed by atoms with Gasteiger partial charge >= 0.3 is 0 Å². The molecule has 0 saturated carbocycles. The summed E-state index contributed by atoms with van der Waals surface area (Å²) >= 11 is 1.72. The molecule has 0 radical (unpaired) electrons. The van der Waals surface area contributed by atoms with E-state index in [2.05, 4.69) is 47.7 Å². The van der Waals surface area contributed by atoms with E-state index in [1.165, 1.54) is 21.3 Å². The molecule has 3 aromatic rings. The van der Waals surface area contributed by atoms with Crippen LogP contribution in [0.25, 0.3) is 15.7 Å². The summed E-state index contributed by atoms with van der Waals surface area (Å²) in [4.78, 5) is 1.28. The lowest BCUT2D eigenvalue weighted by molar-refractivity contribution is 0.882. The molecule has 0 saturated heterocycles. The van der Waals surface area contributed by atoms with Crippen LogP contribution in [0.4, 0.5) is 0 Å². The van der Waals surface area contributed by atoms with E-state index in [9.17, 15) is 0 Å². The molecule has 3 rings (SSSR count). The molecule has 0 amide bonds. The van der Waals surface area contributed by atoms with Gasteiger partial charge < -0.3 is 0 Å². The summed E-state index contributed by atoms with van der Waals surface area (Å²) in [6.07, 6.45) is 0. The quantitative estimate of drug-likeness (QED) is 0.606. The van der Waals surface area contributed by atoms with Gasteiger partial charge in [0.2, 0.25) is 0 Å². The Morgan fingerprint density at radius 1 is 1.27 bits per heavy atom. The normalized spacial score (nSPS) is 11.9. The standard InChI is InChI=1S/C12H12N2S/c1-8(2)11-9-5-3-4-6-10(9)14-12(11)15-7-13-14/h3-8H,1-2H3. The van der Waals surface area contributed by atoms with Crippen LogP contribution in [-0.4, -0.2) is 9.61 Å². The van der Waals surface area contributed by atoms with E-state index in [-0.39, 0.29) is 0 Å². The van der Waals surface area contributed by atoms with Gasteiger partial charge in [-0.3, -0.25) is 0 Å². The lowest BCUT2D eigenvalue weighted by Crippen LogP contribution is -1.84. The molecule has 1 aromatic carbocycles. The van der Waals surface area contributed by atoms with Gasteiger partial charge in [0.1, 0.15) is 10.3 Å². The number of rotatable bonds is 1. The molecule has 15 heavy (non-hydrogen) atoms. The second-order valence-electron chi connectivity index (χ2n) is 4.04. The van der Waals surface area contributed by atoms with Crippen molar-refractivity contribution in [1.82, 2.24) is 9.61 Å². The van der Waals surface area contributed by atoms with Crippen molar-refractivity contribution in [2.75, 3.05) is 0 Å². The van der Waals surface area contributed by atoms with Gasteiger partial charge in [0, 0.05) is 10.9 Å². The first-order valence-electron chi connectivity index (χ1n) is 5.12. The zero-order valence-electron chi connectivity index (χ0n) is 8.77. The van der Waals surface area contributed by atoms with Gasteiger partial charge in [0.25, 0.3) is 0 Å². The minimum atomic E-state index is 0.542. The minimum Gasteiger partial charge on any atom is -0.222 e. The Labute approximate surface area is 92.2 Å². The lowest BCUT2D eigenvalue weighted by atomic mass is 10.0. The van der Waals surface area contributed by atoms with Crippen LogP contribution in [-0.2, 0) is 0 Å². The predicted octanol–water partition coefficient (Wildman–Crippen LogP) is 3.67. The van der Waals surface area contributed by atoms with Crippen LogP contribution in [0.1, 0.15) is 25.3 Å². The van der Waals surface area contributed by atoms with Crippen molar-refractivity contribution in [3.63, 3.8) is 0 Å². The summed E-state index contributed by atoms with van der Waals surface area (Å²) in [6, 6.07) is 8.48. The largest absolute Gasteiger partial charge is 0.222 e. The SMILES string of the molecule is CC(C)c1c2ccccc2n2ncsc12. The minimum absolute atomic E-state index is 0.542. The fraction of sp³-hybridized carbons (Fsp3) is 0.250. The maximum Gasteiger partial charge on any atom is 0.123 e. The number of nitrogens with zero attached hydrogens (tertiary/aromatic N) is 2. The summed E-state index contributed by atoms with van der Waals surface area (Å²) in [5.74, 6) is 0.542. The molecule has 0 unspecified atom stereocenters. The van der Waals surface area contributed by atoms with Gasteiger partial charge in [-0.25, -0.2) is 4.52 Å². The van der Waals surface area contributed by atoms with Crippen LogP contribution >= 0.6 is 11.3 Å². The summed E-state index contributed by atoms with van der Waals surface area (Å²) in [5.41, 5.74) is 4.55. The molecule has 0 aliphatic carbocycles. The van der Waals surface area contributed by atoms with Crippen molar-refractivity contribution in [3.05, 3.63) is 35.3 Å². The highest BCUT2D eigenvalue weighted by molar-refractivity contribution is 7.15. The van der Waals surface area contributed by atoms with E-state index in [1.54, 1.807) is 11.3 Å². The van der Waals surface area contributed by atoms with Crippen molar-refractivity contribution in [2.45, 2.75) is 19.8 Å². The van der Waals surface area contributed by atoms with Crippen LogP contribution in [0, 0.1) is 0 Å². The number of benzene rings is 1. The highest BCUT2D eigenvalue weighted by Crippen LogP contribution is 2.33. The van der Waals surface area contributed by atoms with Gasteiger partial charge in [-0.15, -0.1) is 11.3 Å². The average Bonchev–Trinajstić information content (AvgIpc) is 2.75. The maximum atomic E-state index is 4.39. The smallest absolute Gasteiger partial charge is 0.123 e. The lowest BCUT2D eigenvalue weighted by Gasteiger charge is -2.01. The zero-order chi connectivity index (χ0) is 10.4. The number of aromatic nitrogens is 2. The van der Waals surface area contributed by atoms with Gasteiger partial charge in [0.05, 0.1) is 5.52 Å². The van der Waals surface area contributed by atoms with Crippen LogP contribution in [0.15, 0.2) is 29.8 Å². The van der Waals surface area contributed by atoms with Crippen molar-refractivity contribution in [3.8, 4) is 0 Å². The maximum absolute atomic E-state index is 4.39. The highest BCUT2D eigenvalue weighted by Gasteiger charge is 2.15. The van der Waals surface area contributed by atoms with Gasteiger partial charge in [-0.1, -0.05) is 32.0 Å². The van der Waals surface area contributed by atoms with E-state index in [0.29, 0.717) is 5.92 Å². The topological polar surface area (TPSA) is 17.3 Å². The Morgan fingerprint density at radius 2 is 2.07 bits per heavy atom. The Hall–Kier alpha value is -1.35. The third-order valence-corrected chi connectivity index (χ3v) is 3.57. The van der Waals surface area contributed by atoms with Gasteiger partial charge in [-0.2, -0.15) is 5.10 Å². The molecule has 2 aromatic heterocycles. The van der Waals surface area contributed by atoms with E-state index >= 15 is 0 Å². The first-order valence-corrected chi connectivity index (χ1v) is 6.00. The molecule has 0 aliphatic heterocycles. The van der Waals surface area contributed by atoms with E-state index < -0.39 is 0 Å². The Bertz CT molecular complexity index is 619. The molecule has 3 heteroatoms. The monoisotopic (exact) mass is 216 g/mol. The summed E-state index contributed by atoms with van der Waals surface area (Å²) in [6.45, 7) is 4.48. The van der Waals surface area contributed by atoms with Crippen molar-refractivity contribution < 1.29 is 0 Å². The van der Waals surface area contributed by atoms with Crippen LogP contribution in [0.2, 0.25) is 0 Å². The third-order valence-electron chi connectivity index (χ3n) is 2.75.